The van der Waals surface area contributed by atoms with Crippen molar-refractivity contribution < 1.29 is 9.53 Å². The number of nitriles is 1. The molecular formula is C18H15ClN4O2. The minimum absolute atomic E-state index is 0.284. The van der Waals surface area contributed by atoms with E-state index in [2.05, 4.69) is 15.6 Å². The third kappa shape index (κ3) is 3.73. The van der Waals surface area contributed by atoms with E-state index in [4.69, 9.17) is 16.3 Å². The van der Waals surface area contributed by atoms with Crippen LogP contribution in [0.15, 0.2) is 53.5 Å². The van der Waals surface area contributed by atoms with Crippen LogP contribution in [0.5, 0.6) is 5.75 Å². The van der Waals surface area contributed by atoms with E-state index >= 15 is 0 Å². The van der Waals surface area contributed by atoms with Crippen LogP contribution in [0.1, 0.15) is 11.6 Å². The number of halogens is 1. The lowest BCUT2D eigenvalue weighted by atomic mass is 9.92. The molecule has 2 unspecified atom stereocenters. The quantitative estimate of drug-likeness (QED) is 0.886. The number of ether oxygens (including phenoxy) is 1. The van der Waals surface area contributed by atoms with E-state index in [1.54, 1.807) is 49.6 Å². The molecule has 2 atom stereocenters. The van der Waals surface area contributed by atoms with Crippen molar-refractivity contribution in [3.05, 3.63) is 59.1 Å². The van der Waals surface area contributed by atoms with E-state index < -0.39 is 17.9 Å². The molecule has 2 N–H and O–H groups in total. The molecule has 0 aliphatic carbocycles. The van der Waals surface area contributed by atoms with E-state index in [0.29, 0.717) is 10.8 Å². The summed E-state index contributed by atoms with van der Waals surface area (Å²) in [6, 6.07) is 15.6. The molecule has 0 aromatic heterocycles. The Morgan fingerprint density at radius 1 is 1.28 bits per heavy atom. The van der Waals surface area contributed by atoms with Crippen molar-refractivity contribution in [1.29, 1.82) is 5.26 Å². The molecule has 2 aromatic rings. The number of nitrogens with one attached hydrogen (secondary N) is 2. The van der Waals surface area contributed by atoms with Crippen LogP contribution in [0.25, 0.3) is 0 Å². The molecule has 0 radical (unpaired) electrons. The minimum Gasteiger partial charge on any atom is -0.497 e. The number of guanidine groups is 1. The molecule has 2 aromatic carbocycles. The molecule has 126 valence electrons. The Bertz CT molecular complexity index is 858. The number of hydrogen-bond donors (Lipinski definition) is 2. The molecule has 1 aliphatic rings. The van der Waals surface area contributed by atoms with Gasteiger partial charge in [-0.05, 0) is 42.0 Å². The van der Waals surface area contributed by atoms with Gasteiger partial charge in [-0.3, -0.25) is 10.1 Å². The monoisotopic (exact) mass is 354 g/mol. The molecule has 0 saturated heterocycles. The first-order chi connectivity index (χ1) is 12.1. The molecule has 1 heterocycles. The van der Waals surface area contributed by atoms with Gasteiger partial charge >= 0.3 is 0 Å². The second-order valence-electron chi connectivity index (χ2n) is 5.43. The molecular weight excluding hydrogens is 340 g/mol. The Morgan fingerprint density at radius 2 is 2.04 bits per heavy atom. The number of rotatable bonds is 3. The van der Waals surface area contributed by atoms with E-state index in [1.807, 2.05) is 12.1 Å². The van der Waals surface area contributed by atoms with Crippen molar-refractivity contribution in [3.8, 4) is 11.8 Å². The smallest absolute Gasteiger partial charge is 0.246 e. The Balaban J connectivity index is 1.93. The number of benzene rings is 2. The summed E-state index contributed by atoms with van der Waals surface area (Å²) in [5.74, 6) is -0.390. The van der Waals surface area contributed by atoms with Gasteiger partial charge in [-0.2, -0.15) is 5.26 Å². The number of hydrogen-bond acceptors (Lipinski definition) is 5. The van der Waals surface area contributed by atoms with Crippen LogP contribution in [0.3, 0.4) is 0 Å². The van der Waals surface area contributed by atoms with Crippen molar-refractivity contribution in [3.63, 3.8) is 0 Å². The zero-order valence-corrected chi connectivity index (χ0v) is 14.1. The van der Waals surface area contributed by atoms with E-state index in [9.17, 15) is 10.1 Å². The lowest BCUT2D eigenvalue weighted by Gasteiger charge is -2.26. The van der Waals surface area contributed by atoms with Gasteiger partial charge in [0.05, 0.1) is 13.2 Å². The molecule has 7 heteroatoms. The average Bonchev–Trinajstić information content (AvgIpc) is 2.63. The van der Waals surface area contributed by atoms with E-state index in [-0.39, 0.29) is 5.96 Å². The standard InChI is InChI=1S/C18H15ClN4O2/c1-25-14-4-2-3-11(9-14)16-15(10-20)17(24)23-18(22-16)21-13-7-5-12(19)6-8-13/h2-9,15-16H,1H3,(H2,21,22,23,24). The largest absolute Gasteiger partial charge is 0.497 e. The van der Waals surface area contributed by atoms with E-state index in [1.165, 1.54) is 0 Å². The number of nitrogens with zero attached hydrogens (tertiary/aromatic N) is 2. The molecule has 25 heavy (non-hydrogen) atoms. The fourth-order valence-corrected chi connectivity index (χ4v) is 2.66. The van der Waals surface area contributed by atoms with Crippen LogP contribution in [0.2, 0.25) is 5.02 Å². The molecule has 0 saturated carbocycles. The van der Waals surface area contributed by atoms with Crippen LogP contribution < -0.4 is 15.4 Å². The zero-order valence-electron chi connectivity index (χ0n) is 13.4. The highest BCUT2D eigenvalue weighted by molar-refractivity contribution is 6.30. The maximum absolute atomic E-state index is 12.3. The molecule has 0 spiro atoms. The molecule has 3 rings (SSSR count). The maximum atomic E-state index is 12.3. The summed E-state index contributed by atoms with van der Waals surface area (Å²) in [4.78, 5) is 16.8. The Labute approximate surface area is 150 Å². The fraction of sp³-hybridized carbons (Fsp3) is 0.167. The van der Waals surface area contributed by atoms with Gasteiger partial charge in [0.2, 0.25) is 11.9 Å². The molecule has 6 nitrogen and oxygen atoms in total. The number of aliphatic imine (C=N–C) groups is 1. The first-order valence-corrected chi connectivity index (χ1v) is 7.93. The highest BCUT2D eigenvalue weighted by atomic mass is 35.5. The molecule has 0 fully saturated rings. The number of amides is 1. The highest BCUT2D eigenvalue weighted by Gasteiger charge is 2.34. The van der Waals surface area contributed by atoms with Crippen LogP contribution in [0, 0.1) is 17.2 Å². The second kappa shape index (κ2) is 7.24. The van der Waals surface area contributed by atoms with Gasteiger partial charge in [-0.15, -0.1) is 0 Å². The lowest BCUT2D eigenvalue weighted by Crippen LogP contribution is -2.45. The number of carbonyl (C=O) groups is 1. The van der Waals surface area contributed by atoms with Crippen LogP contribution in [0.4, 0.5) is 5.69 Å². The van der Waals surface area contributed by atoms with Crippen LogP contribution in [-0.4, -0.2) is 19.0 Å². The zero-order chi connectivity index (χ0) is 17.8. The van der Waals surface area contributed by atoms with Gasteiger partial charge < -0.3 is 10.1 Å². The number of methoxy groups -OCH3 is 1. The maximum Gasteiger partial charge on any atom is 0.246 e. The summed E-state index contributed by atoms with van der Waals surface area (Å²) in [5.41, 5.74) is 1.46. The molecule has 0 bridgehead atoms. The van der Waals surface area contributed by atoms with Crippen molar-refractivity contribution >= 4 is 29.2 Å². The third-order valence-corrected chi connectivity index (χ3v) is 4.04. The SMILES string of the molecule is COc1cccc(C2N=C(Nc3ccc(Cl)cc3)NC(=O)C2C#N)c1. The highest BCUT2D eigenvalue weighted by Crippen LogP contribution is 2.31. The third-order valence-electron chi connectivity index (χ3n) is 3.79. The Kier molecular flexibility index (Phi) is 4.87. The predicted octanol–water partition coefficient (Wildman–Crippen LogP) is 3.13. The van der Waals surface area contributed by atoms with Gasteiger partial charge in [-0.1, -0.05) is 23.7 Å². The van der Waals surface area contributed by atoms with E-state index in [0.717, 1.165) is 11.3 Å². The summed E-state index contributed by atoms with van der Waals surface area (Å²) in [5, 5.41) is 15.6. The summed E-state index contributed by atoms with van der Waals surface area (Å²) < 4.78 is 5.22. The fourth-order valence-electron chi connectivity index (χ4n) is 2.54. The first-order valence-electron chi connectivity index (χ1n) is 7.55. The van der Waals surface area contributed by atoms with Crippen molar-refractivity contribution in [2.24, 2.45) is 10.9 Å². The van der Waals surface area contributed by atoms with Gasteiger partial charge in [0.1, 0.15) is 11.8 Å². The first kappa shape index (κ1) is 16.8. The predicted molar refractivity (Wildman–Crippen MR) is 95.5 cm³/mol. The second-order valence-corrected chi connectivity index (χ2v) is 5.86. The molecule has 1 amide bonds. The average molecular weight is 355 g/mol. The minimum atomic E-state index is -0.914. The Hall–Kier alpha value is -3.04. The van der Waals surface area contributed by atoms with Gasteiger partial charge in [0.25, 0.3) is 0 Å². The van der Waals surface area contributed by atoms with Crippen molar-refractivity contribution in [1.82, 2.24) is 5.32 Å². The topological polar surface area (TPSA) is 86.5 Å². The molecule has 1 aliphatic heterocycles. The van der Waals surface area contributed by atoms with Gasteiger partial charge in [0.15, 0.2) is 5.92 Å². The Morgan fingerprint density at radius 3 is 2.72 bits per heavy atom. The summed E-state index contributed by atoms with van der Waals surface area (Å²) >= 11 is 5.87. The van der Waals surface area contributed by atoms with Crippen molar-refractivity contribution in [2.75, 3.05) is 12.4 Å². The van der Waals surface area contributed by atoms with Crippen LogP contribution in [-0.2, 0) is 4.79 Å². The van der Waals surface area contributed by atoms with Crippen molar-refractivity contribution in [2.45, 2.75) is 6.04 Å². The number of carbonyl (C=O) groups excluding carboxylic acids is 1. The normalized spacial score (nSPS) is 19.4. The van der Waals surface area contributed by atoms with Gasteiger partial charge in [-0.25, -0.2) is 4.99 Å². The summed E-state index contributed by atoms with van der Waals surface area (Å²) in [6.45, 7) is 0. The number of anilines is 1. The lowest BCUT2D eigenvalue weighted by molar-refractivity contribution is -0.122. The summed E-state index contributed by atoms with van der Waals surface area (Å²) in [6.07, 6.45) is 0. The summed E-state index contributed by atoms with van der Waals surface area (Å²) in [7, 11) is 1.56. The van der Waals surface area contributed by atoms with Gasteiger partial charge in [0, 0.05) is 10.7 Å². The van der Waals surface area contributed by atoms with Crippen LogP contribution >= 0.6 is 11.6 Å².